The van der Waals surface area contributed by atoms with E-state index in [4.69, 9.17) is 34.3 Å². The number of rotatable bonds is 10. The lowest BCUT2D eigenvalue weighted by molar-refractivity contribution is 0.669. The van der Waals surface area contributed by atoms with Crippen LogP contribution in [0.1, 0.15) is 0 Å². The van der Waals surface area contributed by atoms with Crippen molar-refractivity contribution < 1.29 is 4.42 Å². The van der Waals surface area contributed by atoms with Crippen LogP contribution in [0.25, 0.3) is 254 Å². The Bertz CT molecular complexity index is 9960. The normalized spacial score (nSPS) is 13.4. The monoisotopic (exact) mass is 1950 g/mol. The molecule has 694 valence electrons. The van der Waals surface area contributed by atoms with E-state index >= 15 is 0 Å². The molecule has 15 heteroatoms. The summed E-state index contributed by atoms with van der Waals surface area (Å²) in [7, 11) is -6.00. The molecule has 0 aliphatic carbocycles. The van der Waals surface area contributed by atoms with Gasteiger partial charge in [-0.3, -0.25) is 0 Å². The Morgan fingerprint density at radius 3 is 0.850 bits per heavy atom. The van der Waals surface area contributed by atoms with Gasteiger partial charge in [0.2, 0.25) is 0 Å². The molecule has 9 aromatic heterocycles. The maximum absolute atomic E-state index is 6.28. The minimum absolute atomic E-state index is 0.754. The number of thiophene rings is 1. The Labute approximate surface area is 854 Å². The summed E-state index contributed by atoms with van der Waals surface area (Å²) in [5.41, 5.74) is 32.5. The Kier molecular flexibility index (Phi) is 19.4. The summed E-state index contributed by atoms with van der Waals surface area (Å²) in [5, 5.41) is 23.1. The number of furan rings is 1. The Hall–Kier alpha value is -17.7. The van der Waals surface area contributed by atoms with E-state index in [-0.39, 0.29) is 0 Å². The summed E-state index contributed by atoms with van der Waals surface area (Å²) in [6, 6.07) is 161. The zero-order valence-electron chi connectivity index (χ0n) is 81.5. The zero-order chi connectivity index (χ0) is 97.8. The largest absolute Gasteiger partial charge is 0.456 e. The Morgan fingerprint density at radius 2 is 0.469 bits per heavy atom. The molecule has 0 atom stereocenters. The van der Waals surface area contributed by atoms with Gasteiger partial charge in [-0.2, -0.15) is 0 Å². The fraction of sp³-hybridized carbons (Fsp3) is 0.0455. The minimum Gasteiger partial charge on any atom is -0.456 e. The molecule has 0 spiro atoms. The molecule has 0 fully saturated rings. The van der Waals surface area contributed by atoms with Crippen LogP contribution in [0.4, 0.5) is 0 Å². The highest BCUT2D eigenvalue weighted by Gasteiger charge is 2.45. The summed E-state index contributed by atoms with van der Waals surface area (Å²) in [6.45, 7) is 14.6. The van der Waals surface area contributed by atoms with Gasteiger partial charge >= 0.3 is 0 Å². The van der Waals surface area contributed by atoms with Crippen molar-refractivity contribution in [3.05, 3.63) is 449 Å². The van der Waals surface area contributed by atoms with Crippen LogP contribution >= 0.6 is 11.3 Å². The molecular formula is C132H92N10OSSi3. The molecule has 11 nitrogen and oxygen atoms in total. The first-order valence-electron chi connectivity index (χ1n) is 50.5. The van der Waals surface area contributed by atoms with Gasteiger partial charge < -0.3 is 22.7 Å². The fourth-order valence-electron chi connectivity index (χ4n) is 24.4. The summed E-state index contributed by atoms with van der Waals surface area (Å²) >= 11 is 1.87. The van der Waals surface area contributed by atoms with Crippen molar-refractivity contribution in [2.45, 2.75) is 39.3 Å². The molecule has 0 N–H and O–H groups in total. The van der Waals surface area contributed by atoms with Crippen LogP contribution in [0.3, 0.4) is 0 Å². The maximum Gasteiger partial charge on any atom is 0.160 e. The van der Waals surface area contributed by atoms with Gasteiger partial charge in [0, 0.05) is 130 Å². The number of para-hydroxylation sites is 6. The highest BCUT2D eigenvalue weighted by atomic mass is 32.1. The second kappa shape index (κ2) is 33.2. The predicted octanol–water partition coefficient (Wildman–Crippen LogP) is 30.5. The first-order valence-corrected chi connectivity index (χ1v) is 60.3. The number of aromatic nitrogens is 10. The van der Waals surface area contributed by atoms with Gasteiger partial charge in [-0.05, 0) is 206 Å². The highest BCUT2D eigenvalue weighted by Crippen LogP contribution is 2.47. The van der Waals surface area contributed by atoms with Crippen LogP contribution in [0.15, 0.2) is 453 Å². The number of benzene rings is 19. The van der Waals surface area contributed by atoms with Crippen LogP contribution in [0.2, 0.25) is 39.3 Å². The maximum atomic E-state index is 6.28. The van der Waals surface area contributed by atoms with Crippen molar-refractivity contribution in [2.24, 2.45) is 0 Å². The molecule has 0 saturated carbocycles. The molecule has 0 saturated heterocycles. The smallest absolute Gasteiger partial charge is 0.160 e. The van der Waals surface area contributed by atoms with Crippen molar-refractivity contribution in [3.63, 3.8) is 0 Å². The molecule has 0 radical (unpaired) electrons. The second-order valence-electron chi connectivity index (χ2n) is 40.7. The van der Waals surface area contributed by atoms with Gasteiger partial charge in [-0.15, -0.1) is 11.3 Å². The quantitative estimate of drug-likeness (QED) is 0.125. The summed E-state index contributed by atoms with van der Waals surface area (Å²) in [6.07, 6.45) is 0. The van der Waals surface area contributed by atoms with Crippen molar-refractivity contribution >= 4 is 196 Å². The molecule has 0 bridgehead atoms. The van der Waals surface area contributed by atoms with Crippen molar-refractivity contribution in [2.75, 3.05) is 0 Å². The van der Waals surface area contributed by atoms with Crippen LogP contribution in [-0.4, -0.2) is 72.4 Å². The molecule has 12 heterocycles. The number of hydrogen-bond acceptors (Lipinski definition) is 8. The van der Waals surface area contributed by atoms with Gasteiger partial charge in [0.15, 0.2) is 17.5 Å². The predicted molar refractivity (Wildman–Crippen MR) is 623 cm³/mol. The fourth-order valence-corrected chi connectivity index (χ4v) is 35.2. The third kappa shape index (κ3) is 13.4. The molecule has 28 aromatic rings. The third-order valence-electron chi connectivity index (χ3n) is 31.3. The average Bonchev–Trinajstić information content (AvgIpc) is 1.60. The molecule has 19 aromatic carbocycles. The summed E-state index contributed by atoms with van der Waals surface area (Å²) in [4.78, 5) is 32.0. The Morgan fingerprint density at radius 1 is 0.190 bits per heavy atom. The zero-order valence-corrected chi connectivity index (χ0v) is 85.3. The standard InChI is InChI=1S/C48H34N4Si.C42H29N3OSi.C42H29N3SSi/c1-53(2)44-24-14-11-21-37(44)46-47(53)45(31-15-5-3-6-16-31)49-48(50-46)32-25-27-34(28-26-32)52-41-23-13-10-20-36(41)39-29-42-38(30-43(39)52)35-19-9-12-22-40(35)51(42)33-17-7-4-8-18-33;2*1-47(2)38-19-11-8-16-31(38)40-41(47)39(26-12-4-3-5-13-26)43-42(44-40)27-20-22-28(23-21-27)45-34-17-9-6-14-29(34)32-25-37-33(24-35(32)45)30-15-7-10-18-36(30)46-37/h3-30H,1-2H3;2*3-25H,1-2H3. The van der Waals surface area contributed by atoms with Crippen molar-refractivity contribution in [1.82, 2.24) is 48.2 Å². The van der Waals surface area contributed by atoms with Crippen LogP contribution in [0.5, 0.6) is 0 Å². The van der Waals surface area contributed by atoms with Gasteiger partial charge in [0.25, 0.3) is 0 Å². The van der Waals surface area contributed by atoms with E-state index in [0.29, 0.717) is 0 Å². The average molecular weight is 1950 g/mol. The molecule has 0 amide bonds. The summed E-state index contributed by atoms with van der Waals surface area (Å²) < 4.78 is 18.5. The van der Waals surface area contributed by atoms with Gasteiger partial charge in [-0.25, -0.2) is 29.9 Å². The number of hydrogen-bond donors (Lipinski definition) is 0. The lowest BCUT2D eigenvalue weighted by atomic mass is 10.1. The lowest BCUT2D eigenvalue weighted by Gasteiger charge is -2.21. The van der Waals surface area contributed by atoms with Crippen molar-refractivity contribution in [1.29, 1.82) is 0 Å². The van der Waals surface area contributed by atoms with E-state index in [1.165, 1.54) is 144 Å². The first-order chi connectivity index (χ1) is 72.2. The molecule has 3 aliphatic rings. The van der Waals surface area contributed by atoms with Crippen LogP contribution < -0.4 is 31.1 Å². The SMILES string of the molecule is C[Si]1(C)c2ccccc2-c2nc(-c3ccc(-n4c5ccccc5c5cc6c(cc54)c4ccccc4n6-c4ccccc4)cc3)nc(-c3ccccc3)c21.C[Si]1(C)c2ccccc2-c2nc(-c3ccc(-n4c5ccccc5c5cc6oc7ccccc7c6cc54)cc3)nc(-c3ccccc3)c21.C[Si]1(C)c2ccccc2-c2nc(-c3ccc(-n4c5ccccc5c5cc6sc7ccccc7c6cc54)cc3)nc(-c3ccccc3)c21. The van der Waals surface area contributed by atoms with E-state index in [1.54, 1.807) is 0 Å². The molecule has 3 aliphatic heterocycles. The van der Waals surface area contributed by atoms with E-state index in [9.17, 15) is 0 Å². The first kappa shape index (κ1) is 86.0. The number of nitrogens with zero attached hydrogens (tertiary/aromatic N) is 10. The van der Waals surface area contributed by atoms with Crippen LogP contribution in [-0.2, 0) is 0 Å². The van der Waals surface area contributed by atoms with Crippen molar-refractivity contribution in [3.8, 4) is 124 Å². The van der Waals surface area contributed by atoms with Gasteiger partial charge in [-0.1, -0.05) is 330 Å². The van der Waals surface area contributed by atoms with Gasteiger partial charge in [0.1, 0.15) is 35.4 Å². The molecule has 0 unspecified atom stereocenters. The van der Waals surface area contributed by atoms with E-state index in [1.807, 2.05) is 23.5 Å². The van der Waals surface area contributed by atoms with Crippen LogP contribution in [0, 0.1) is 0 Å². The number of fused-ring (bicyclic) bond motifs is 27. The van der Waals surface area contributed by atoms with Gasteiger partial charge in [0.05, 0.1) is 78.3 Å². The third-order valence-corrected chi connectivity index (χ3v) is 42.9. The van der Waals surface area contributed by atoms with E-state index < -0.39 is 24.2 Å². The lowest BCUT2D eigenvalue weighted by Crippen LogP contribution is -2.50. The van der Waals surface area contributed by atoms with E-state index in [0.717, 1.165) is 141 Å². The Balaban J connectivity index is 0.000000104. The molecule has 31 rings (SSSR count). The minimum atomic E-state index is -2.01. The second-order valence-corrected chi connectivity index (χ2v) is 54.6. The highest BCUT2D eigenvalue weighted by molar-refractivity contribution is 7.26. The topological polar surface area (TPSA) is 110 Å². The summed E-state index contributed by atoms with van der Waals surface area (Å²) in [5.74, 6) is 2.28. The molecular weight excluding hydrogens is 1860 g/mol. The van der Waals surface area contributed by atoms with E-state index in [2.05, 4.69) is 494 Å². The molecule has 147 heavy (non-hydrogen) atoms.